The van der Waals surface area contributed by atoms with Crippen LogP contribution in [-0.4, -0.2) is 15.9 Å². The smallest absolute Gasteiger partial charge is 0.231 e. The maximum Gasteiger partial charge on any atom is 0.231 e. The number of hydrogen-bond acceptors (Lipinski definition) is 3. The van der Waals surface area contributed by atoms with Gasteiger partial charge in [-0.05, 0) is 17.7 Å². The number of aromatic nitrogens is 2. The summed E-state index contributed by atoms with van der Waals surface area (Å²) in [6.07, 6.45) is 3.46. The van der Waals surface area contributed by atoms with Crippen LogP contribution in [0.15, 0.2) is 36.7 Å². The fraction of sp³-hybridized carbons (Fsp3) is 0.0833. The Morgan fingerprint density at radius 1 is 1.41 bits per heavy atom. The van der Waals surface area contributed by atoms with Crippen LogP contribution in [0.3, 0.4) is 0 Å². The van der Waals surface area contributed by atoms with Crippen LogP contribution in [0.4, 0.5) is 5.95 Å². The van der Waals surface area contributed by atoms with Crippen molar-refractivity contribution in [2.24, 2.45) is 0 Å². The van der Waals surface area contributed by atoms with E-state index in [0.29, 0.717) is 11.5 Å². The van der Waals surface area contributed by atoms with Crippen molar-refractivity contribution in [1.82, 2.24) is 9.97 Å². The lowest BCUT2D eigenvalue weighted by Crippen LogP contribution is -2.15. The monoisotopic (exact) mass is 226 g/mol. The second kappa shape index (κ2) is 4.94. The third kappa shape index (κ3) is 2.92. The first-order valence-corrected chi connectivity index (χ1v) is 5.06. The molecule has 0 saturated carbocycles. The molecule has 0 unspecified atom stereocenters. The molecule has 0 atom stereocenters. The van der Waals surface area contributed by atoms with Crippen LogP contribution in [0.1, 0.15) is 11.1 Å². The molecule has 5 nitrogen and oxygen atoms in total. The Balaban J connectivity index is 1.96. The molecular formula is C12H10N4O. The van der Waals surface area contributed by atoms with Gasteiger partial charge in [0.2, 0.25) is 11.9 Å². The fourth-order valence-electron chi connectivity index (χ4n) is 1.39. The molecule has 2 rings (SSSR count). The van der Waals surface area contributed by atoms with Gasteiger partial charge in [-0.1, -0.05) is 12.1 Å². The van der Waals surface area contributed by atoms with E-state index in [1.54, 1.807) is 36.7 Å². The average molecular weight is 226 g/mol. The van der Waals surface area contributed by atoms with Crippen LogP contribution in [0.5, 0.6) is 0 Å². The first kappa shape index (κ1) is 10.9. The van der Waals surface area contributed by atoms with Crippen LogP contribution >= 0.6 is 0 Å². The molecule has 1 aromatic carbocycles. The molecule has 84 valence electrons. The molecule has 0 aliphatic rings. The van der Waals surface area contributed by atoms with Crippen molar-refractivity contribution < 1.29 is 4.79 Å². The van der Waals surface area contributed by atoms with Crippen molar-refractivity contribution in [3.05, 3.63) is 47.8 Å². The zero-order chi connectivity index (χ0) is 12.1. The molecule has 2 aromatic rings. The largest absolute Gasteiger partial charge is 0.331 e. The van der Waals surface area contributed by atoms with Gasteiger partial charge in [0, 0.05) is 12.4 Å². The van der Waals surface area contributed by atoms with Gasteiger partial charge < -0.3 is 4.98 Å². The summed E-state index contributed by atoms with van der Waals surface area (Å²) in [6.45, 7) is 0. The fourth-order valence-corrected chi connectivity index (χ4v) is 1.39. The SMILES string of the molecule is N#Cc1ccc(CC(=O)Nc2ncc[nH]2)cc1. The topological polar surface area (TPSA) is 81.6 Å². The average Bonchev–Trinajstić information content (AvgIpc) is 2.82. The van der Waals surface area contributed by atoms with Crippen LogP contribution in [-0.2, 0) is 11.2 Å². The van der Waals surface area contributed by atoms with E-state index in [1.165, 1.54) is 0 Å². The van der Waals surface area contributed by atoms with Crippen molar-refractivity contribution in [3.8, 4) is 6.07 Å². The van der Waals surface area contributed by atoms with Crippen molar-refractivity contribution in [2.75, 3.05) is 5.32 Å². The predicted octanol–water partition coefficient (Wildman–Crippen LogP) is 1.46. The summed E-state index contributed by atoms with van der Waals surface area (Å²) in [4.78, 5) is 18.3. The Kier molecular flexibility index (Phi) is 3.17. The Labute approximate surface area is 98.1 Å². The van der Waals surface area contributed by atoms with E-state index in [1.807, 2.05) is 6.07 Å². The molecule has 1 aromatic heterocycles. The first-order chi connectivity index (χ1) is 8.28. The van der Waals surface area contributed by atoms with E-state index < -0.39 is 0 Å². The molecule has 0 saturated heterocycles. The minimum Gasteiger partial charge on any atom is -0.331 e. The molecule has 0 spiro atoms. The van der Waals surface area contributed by atoms with E-state index >= 15 is 0 Å². The lowest BCUT2D eigenvalue weighted by Gasteiger charge is -2.02. The van der Waals surface area contributed by atoms with Gasteiger partial charge in [-0.15, -0.1) is 0 Å². The van der Waals surface area contributed by atoms with Crippen molar-refractivity contribution in [3.63, 3.8) is 0 Å². The minimum absolute atomic E-state index is 0.148. The summed E-state index contributed by atoms with van der Waals surface area (Å²) >= 11 is 0. The van der Waals surface area contributed by atoms with Gasteiger partial charge in [0.05, 0.1) is 18.1 Å². The van der Waals surface area contributed by atoms with Crippen LogP contribution in [0.25, 0.3) is 0 Å². The minimum atomic E-state index is -0.148. The highest BCUT2D eigenvalue weighted by Crippen LogP contribution is 2.05. The highest BCUT2D eigenvalue weighted by Gasteiger charge is 2.05. The van der Waals surface area contributed by atoms with E-state index in [-0.39, 0.29) is 12.3 Å². The lowest BCUT2D eigenvalue weighted by atomic mass is 10.1. The zero-order valence-corrected chi connectivity index (χ0v) is 8.97. The number of nitrogens with zero attached hydrogens (tertiary/aromatic N) is 2. The van der Waals surface area contributed by atoms with Crippen LogP contribution < -0.4 is 5.32 Å². The number of nitriles is 1. The Bertz CT molecular complexity index is 537. The summed E-state index contributed by atoms with van der Waals surface area (Å²) in [6, 6.07) is 8.94. The zero-order valence-electron chi connectivity index (χ0n) is 8.97. The summed E-state index contributed by atoms with van der Waals surface area (Å²) in [7, 11) is 0. The van der Waals surface area contributed by atoms with Gasteiger partial charge in [-0.25, -0.2) is 4.98 Å². The van der Waals surface area contributed by atoms with Crippen molar-refractivity contribution in [1.29, 1.82) is 5.26 Å². The van der Waals surface area contributed by atoms with Crippen LogP contribution in [0, 0.1) is 11.3 Å². The second-order valence-electron chi connectivity index (χ2n) is 3.47. The molecule has 1 amide bonds. The maximum absolute atomic E-state index is 11.6. The summed E-state index contributed by atoms with van der Waals surface area (Å²) in [5, 5.41) is 11.3. The Morgan fingerprint density at radius 3 is 2.76 bits per heavy atom. The van der Waals surface area contributed by atoms with Gasteiger partial charge in [0.25, 0.3) is 0 Å². The molecule has 0 bridgehead atoms. The molecule has 0 radical (unpaired) electrons. The second-order valence-corrected chi connectivity index (χ2v) is 3.47. The predicted molar refractivity (Wildman–Crippen MR) is 62.1 cm³/mol. The molecular weight excluding hydrogens is 216 g/mol. The number of imidazole rings is 1. The molecule has 0 aliphatic heterocycles. The number of hydrogen-bond donors (Lipinski definition) is 2. The quantitative estimate of drug-likeness (QED) is 0.831. The Morgan fingerprint density at radius 2 is 2.18 bits per heavy atom. The molecule has 0 fully saturated rings. The number of nitrogens with one attached hydrogen (secondary N) is 2. The third-order valence-corrected chi connectivity index (χ3v) is 2.20. The first-order valence-electron chi connectivity index (χ1n) is 5.06. The van der Waals surface area contributed by atoms with Gasteiger partial charge in [-0.2, -0.15) is 5.26 Å². The van der Waals surface area contributed by atoms with Gasteiger partial charge in [0.15, 0.2) is 0 Å². The molecule has 17 heavy (non-hydrogen) atoms. The van der Waals surface area contributed by atoms with Gasteiger partial charge in [-0.3, -0.25) is 10.1 Å². The number of benzene rings is 1. The number of amides is 1. The number of aromatic amines is 1. The van der Waals surface area contributed by atoms with Gasteiger partial charge >= 0.3 is 0 Å². The van der Waals surface area contributed by atoms with Crippen molar-refractivity contribution >= 4 is 11.9 Å². The Hall–Kier alpha value is -2.61. The number of H-pyrrole nitrogens is 1. The third-order valence-electron chi connectivity index (χ3n) is 2.20. The number of carbonyl (C=O) groups is 1. The number of anilines is 1. The van der Waals surface area contributed by atoms with Crippen molar-refractivity contribution in [2.45, 2.75) is 6.42 Å². The summed E-state index contributed by atoms with van der Waals surface area (Å²) < 4.78 is 0. The van der Waals surface area contributed by atoms with E-state index in [4.69, 9.17) is 5.26 Å². The molecule has 5 heteroatoms. The lowest BCUT2D eigenvalue weighted by molar-refractivity contribution is -0.115. The van der Waals surface area contributed by atoms with E-state index in [2.05, 4.69) is 15.3 Å². The number of carbonyl (C=O) groups excluding carboxylic acids is 1. The van der Waals surface area contributed by atoms with E-state index in [0.717, 1.165) is 5.56 Å². The molecule has 2 N–H and O–H groups in total. The van der Waals surface area contributed by atoms with Gasteiger partial charge in [0.1, 0.15) is 0 Å². The molecule has 1 heterocycles. The summed E-state index contributed by atoms with van der Waals surface area (Å²) in [5.74, 6) is 0.285. The molecule has 0 aliphatic carbocycles. The highest BCUT2D eigenvalue weighted by molar-refractivity contribution is 5.90. The maximum atomic E-state index is 11.6. The number of rotatable bonds is 3. The highest BCUT2D eigenvalue weighted by atomic mass is 16.1. The van der Waals surface area contributed by atoms with Crippen LogP contribution in [0.2, 0.25) is 0 Å². The standard InChI is InChI=1S/C12H10N4O/c13-8-10-3-1-9(2-4-10)7-11(17)16-12-14-5-6-15-12/h1-6H,7H2,(H2,14,15,16,17). The normalized spacial score (nSPS) is 9.59. The van der Waals surface area contributed by atoms with E-state index in [9.17, 15) is 4.79 Å². The summed E-state index contributed by atoms with van der Waals surface area (Å²) in [5.41, 5.74) is 1.44.